The molecule has 3 nitrogen and oxygen atoms in total. The molecule has 13 heavy (non-hydrogen) atoms. The van der Waals surface area contributed by atoms with Crippen LogP contribution in [0.2, 0.25) is 0 Å². The first-order valence-electron chi connectivity index (χ1n) is 4.78. The summed E-state index contributed by atoms with van der Waals surface area (Å²) in [4.78, 5) is 22.1. The third-order valence-corrected chi connectivity index (χ3v) is 2.64. The van der Waals surface area contributed by atoms with Crippen LogP contribution in [0.15, 0.2) is 0 Å². The summed E-state index contributed by atoms with van der Waals surface area (Å²) < 4.78 is 0. The fourth-order valence-electron chi connectivity index (χ4n) is 2.01. The molecule has 0 aliphatic heterocycles. The molecule has 0 spiro atoms. The van der Waals surface area contributed by atoms with Gasteiger partial charge in [0.15, 0.2) is 0 Å². The van der Waals surface area contributed by atoms with Gasteiger partial charge in [0.1, 0.15) is 5.78 Å². The van der Waals surface area contributed by atoms with Crippen molar-refractivity contribution in [2.45, 2.75) is 33.1 Å². The first-order chi connectivity index (χ1) is 6.02. The number of carbonyl (C=O) groups excluding carboxylic acids is 1. The molecule has 0 aromatic heterocycles. The monoisotopic (exact) mass is 184 g/mol. The molecule has 0 amide bonds. The first kappa shape index (κ1) is 10.2. The number of hydrogen-bond donors (Lipinski definition) is 1. The second kappa shape index (κ2) is 3.90. The quantitative estimate of drug-likeness (QED) is 0.726. The van der Waals surface area contributed by atoms with Crippen molar-refractivity contribution in [3.8, 4) is 0 Å². The largest absolute Gasteiger partial charge is 0.481 e. The van der Waals surface area contributed by atoms with Crippen LogP contribution in [0.1, 0.15) is 33.1 Å². The van der Waals surface area contributed by atoms with Gasteiger partial charge in [0, 0.05) is 12.3 Å². The molecule has 1 saturated carbocycles. The van der Waals surface area contributed by atoms with E-state index in [1.54, 1.807) is 0 Å². The summed E-state index contributed by atoms with van der Waals surface area (Å²) >= 11 is 0. The van der Waals surface area contributed by atoms with E-state index >= 15 is 0 Å². The molecule has 74 valence electrons. The minimum atomic E-state index is -0.809. The van der Waals surface area contributed by atoms with E-state index in [0.717, 1.165) is 6.42 Å². The summed E-state index contributed by atoms with van der Waals surface area (Å²) in [5.74, 6) is -0.918. The van der Waals surface area contributed by atoms with Gasteiger partial charge in [-0.25, -0.2) is 0 Å². The van der Waals surface area contributed by atoms with Crippen LogP contribution in [0.4, 0.5) is 0 Å². The molecule has 0 aromatic rings. The van der Waals surface area contributed by atoms with Crippen molar-refractivity contribution in [1.82, 2.24) is 0 Å². The maximum Gasteiger partial charge on any atom is 0.307 e. The third-order valence-electron chi connectivity index (χ3n) is 2.64. The third kappa shape index (κ3) is 2.29. The van der Waals surface area contributed by atoms with Crippen molar-refractivity contribution in [2.75, 3.05) is 0 Å². The molecule has 1 aliphatic rings. The zero-order valence-electron chi connectivity index (χ0n) is 8.12. The van der Waals surface area contributed by atoms with E-state index in [-0.39, 0.29) is 11.7 Å². The second-order valence-corrected chi connectivity index (χ2v) is 4.19. The zero-order chi connectivity index (χ0) is 10.0. The molecule has 0 heterocycles. The molecular formula is C10H16O3. The Kier molecular flexibility index (Phi) is 3.07. The molecule has 2 atom stereocenters. The summed E-state index contributed by atoms with van der Waals surface area (Å²) in [6, 6.07) is 0. The Morgan fingerprint density at radius 2 is 2.23 bits per heavy atom. The van der Waals surface area contributed by atoms with Gasteiger partial charge < -0.3 is 5.11 Å². The average molecular weight is 184 g/mol. The molecule has 0 radical (unpaired) electrons. The maximum absolute atomic E-state index is 11.4. The number of rotatable bonds is 3. The highest BCUT2D eigenvalue weighted by molar-refractivity contribution is 5.89. The highest BCUT2D eigenvalue weighted by Crippen LogP contribution is 2.33. The lowest BCUT2D eigenvalue weighted by atomic mass is 9.88. The van der Waals surface area contributed by atoms with Crippen molar-refractivity contribution < 1.29 is 14.7 Å². The van der Waals surface area contributed by atoms with E-state index in [0.29, 0.717) is 18.8 Å². The molecular weight excluding hydrogens is 168 g/mol. The van der Waals surface area contributed by atoms with E-state index in [9.17, 15) is 9.59 Å². The number of carboxylic acid groups (broad SMARTS) is 1. The van der Waals surface area contributed by atoms with Crippen LogP contribution >= 0.6 is 0 Å². The Hall–Kier alpha value is -0.860. The zero-order valence-corrected chi connectivity index (χ0v) is 8.12. The lowest BCUT2D eigenvalue weighted by molar-refractivity contribution is -0.144. The number of carboxylic acids is 1. The van der Waals surface area contributed by atoms with Crippen LogP contribution in [0.5, 0.6) is 0 Å². The van der Waals surface area contributed by atoms with Gasteiger partial charge in [0.2, 0.25) is 0 Å². The Balaban J connectivity index is 2.65. The lowest BCUT2D eigenvalue weighted by Gasteiger charge is -2.15. The highest BCUT2D eigenvalue weighted by atomic mass is 16.4. The van der Waals surface area contributed by atoms with Crippen molar-refractivity contribution in [2.24, 2.45) is 17.8 Å². The smallest absolute Gasteiger partial charge is 0.307 e. The summed E-state index contributed by atoms with van der Waals surface area (Å²) in [5.41, 5.74) is 0. The van der Waals surface area contributed by atoms with E-state index in [4.69, 9.17) is 5.11 Å². The summed E-state index contributed by atoms with van der Waals surface area (Å²) in [7, 11) is 0. The normalized spacial score (nSPS) is 28.4. The Morgan fingerprint density at radius 1 is 1.62 bits per heavy atom. The predicted octanol–water partition coefficient (Wildman–Crippen LogP) is 1.71. The lowest BCUT2D eigenvalue weighted by Crippen LogP contribution is -2.23. The van der Waals surface area contributed by atoms with Crippen molar-refractivity contribution in [3.63, 3.8) is 0 Å². The van der Waals surface area contributed by atoms with Gasteiger partial charge in [-0.05, 0) is 18.8 Å². The minimum Gasteiger partial charge on any atom is -0.481 e. The Morgan fingerprint density at radius 3 is 2.69 bits per heavy atom. The van der Waals surface area contributed by atoms with Crippen LogP contribution < -0.4 is 0 Å². The number of carbonyl (C=O) groups is 2. The summed E-state index contributed by atoms with van der Waals surface area (Å²) in [6.45, 7) is 4.04. The highest BCUT2D eigenvalue weighted by Gasteiger charge is 2.39. The summed E-state index contributed by atoms with van der Waals surface area (Å²) in [5, 5.41) is 8.86. The predicted molar refractivity (Wildman–Crippen MR) is 48.3 cm³/mol. The van der Waals surface area contributed by atoms with Gasteiger partial charge in [-0.1, -0.05) is 13.8 Å². The molecule has 1 N–H and O–H groups in total. The molecule has 0 saturated heterocycles. The van der Waals surface area contributed by atoms with Crippen molar-refractivity contribution in [1.29, 1.82) is 0 Å². The SMILES string of the molecule is CC(C)CC1C(=O)CCC1C(=O)O. The van der Waals surface area contributed by atoms with Gasteiger partial charge in [-0.2, -0.15) is 0 Å². The number of Topliss-reactive ketones (excluding diaryl/α,β-unsaturated/α-hetero) is 1. The summed E-state index contributed by atoms with van der Waals surface area (Å²) in [6.07, 6.45) is 1.70. The van der Waals surface area contributed by atoms with Crippen LogP contribution in [-0.4, -0.2) is 16.9 Å². The van der Waals surface area contributed by atoms with Crippen molar-refractivity contribution >= 4 is 11.8 Å². The second-order valence-electron chi connectivity index (χ2n) is 4.19. The van der Waals surface area contributed by atoms with Gasteiger partial charge in [-0.3, -0.25) is 9.59 Å². The Bertz CT molecular complexity index is 220. The molecule has 1 rings (SSSR count). The van der Waals surface area contributed by atoms with Gasteiger partial charge in [0.25, 0.3) is 0 Å². The maximum atomic E-state index is 11.4. The topological polar surface area (TPSA) is 54.4 Å². The number of aliphatic carboxylic acids is 1. The van der Waals surface area contributed by atoms with Crippen LogP contribution in [-0.2, 0) is 9.59 Å². The first-order valence-corrected chi connectivity index (χ1v) is 4.78. The fraction of sp³-hybridized carbons (Fsp3) is 0.800. The number of hydrogen-bond acceptors (Lipinski definition) is 2. The number of ketones is 1. The van der Waals surface area contributed by atoms with Gasteiger partial charge in [0.05, 0.1) is 5.92 Å². The fourth-order valence-corrected chi connectivity index (χ4v) is 2.01. The van der Waals surface area contributed by atoms with Crippen molar-refractivity contribution in [3.05, 3.63) is 0 Å². The van der Waals surface area contributed by atoms with Crippen LogP contribution in [0.25, 0.3) is 0 Å². The molecule has 0 bridgehead atoms. The molecule has 0 aromatic carbocycles. The molecule has 1 aliphatic carbocycles. The molecule has 3 heteroatoms. The standard InChI is InChI=1S/C10H16O3/c1-6(2)5-8-7(10(12)13)3-4-9(8)11/h6-8H,3-5H2,1-2H3,(H,12,13). The van der Waals surface area contributed by atoms with Crippen LogP contribution in [0, 0.1) is 17.8 Å². The average Bonchev–Trinajstić information content (AvgIpc) is 2.32. The van der Waals surface area contributed by atoms with Gasteiger partial charge >= 0.3 is 5.97 Å². The van der Waals surface area contributed by atoms with E-state index < -0.39 is 11.9 Å². The van der Waals surface area contributed by atoms with E-state index in [1.807, 2.05) is 13.8 Å². The minimum absolute atomic E-state index is 0.140. The van der Waals surface area contributed by atoms with E-state index in [1.165, 1.54) is 0 Å². The Labute approximate surface area is 78.1 Å². The molecule has 1 fully saturated rings. The van der Waals surface area contributed by atoms with E-state index in [2.05, 4.69) is 0 Å². The van der Waals surface area contributed by atoms with Crippen LogP contribution in [0.3, 0.4) is 0 Å². The van der Waals surface area contributed by atoms with Gasteiger partial charge in [-0.15, -0.1) is 0 Å². The molecule has 2 unspecified atom stereocenters.